The van der Waals surface area contributed by atoms with Gasteiger partial charge in [-0.05, 0) is 31.2 Å². The Balaban J connectivity index is 2.16. The minimum atomic E-state index is 0.888. The smallest absolute Gasteiger partial charge is 0.00723 e. The van der Waals surface area contributed by atoms with Crippen LogP contribution in [0, 0.1) is 11.8 Å². The maximum Gasteiger partial charge on any atom is 0.00723 e. The zero-order valence-electron chi connectivity index (χ0n) is 8.93. The van der Waals surface area contributed by atoms with Crippen molar-refractivity contribution in [3.8, 4) is 0 Å². The summed E-state index contributed by atoms with van der Waals surface area (Å²) in [6, 6.07) is 0. The number of nitrogens with zero attached hydrogens (tertiary/aromatic N) is 1. The third-order valence-corrected chi connectivity index (χ3v) is 3.86. The van der Waals surface area contributed by atoms with Crippen LogP contribution in [-0.2, 0) is 0 Å². The van der Waals surface area contributed by atoms with Crippen LogP contribution in [-0.4, -0.2) is 29.9 Å². The standard InChI is InChI=1S/C11H22BrN/c1-3-4-10(2)8-13-6-5-11(7-12)9-13/h10-11H,3-9H2,1-2H3. The Bertz CT molecular complexity index is 138. The summed E-state index contributed by atoms with van der Waals surface area (Å²) in [5.41, 5.74) is 0. The molecule has 0 aromatic rings. The zero-order chi connectivity index (χ0) is 9.68. The van der Waals surface area contributed by atoms with Crippen LogP contribution in [0.25, 0.3) is 0 Å². The first-order valence-electron chi connectivity index (χ1n) is 5.54. The fourth-order valence-electron chi connectivity index (χ4n) is 2.23. The lowest BCUT2D eigenvalue weighted by Gasteiger charge is -2.20. The normalized spacial score (nSPS) is 26.5. The second-order valence-electron chi connectivity index (χ2n) is 4.46. The quantitative estimate of drug-likeness (QED) is 0.675. The minimum Gasteiger partial charge on any atom is -0.303 e. The van der Waals surface area contributed by atoms with Gasteiger partial charge in [0.15, 0.2) is 0 Å². The molecule has 1 nitrogen and oxygen atoms in total. The highest BCUT2D eigenvalue weighted by Gasteiger charge is 2.22. The predicted molar refractivity (Wildman–Crippen MR) is 62.4 cm³/mol. The highest BCUT2D eigenvalue weighted by atomic mass is 79.9. The van der Waals surface area contributed by atoms with Crippen LogP contribution in [0.3, 0.4) is 0 Å². The topological polar surface area (TPSA) is 3.24 Å². The summed E-state index contributed by atoms with van der Waals surface area (Å²) < 4.78 is 0. The lowest BCUT2D eigenvalue weighted by atomic mass is 10.1. The number of likely N-dealkylation sites (tertiary alicyclic amines) is 1. The Labute approximate surface area is 91.0 Å². The van der Waals surface area contributed by atoms with Crippen molar-refractivity contribution >= 4 is 15.9 Å². The van der Waals surface area contributed by atoms with Crippen molar-refractivity contribution in [1.82, 2.24) is 4.90 Å². The molecule has 1 fully saturated rings. The van der Waals surface area contributed by atoms with Gasteiger partial charge in [-0.1, -0.05) is 36.2 Å². The van der Waals surface area contributed by atoms with E-state index in [9.17, 15) is 0 Å². The summed E-state index contributed by atoms with van der Waals surface area (Å²) in [7, 11) is 0. The molecule has 1 heterocycles. The van der Waals surface area contributed by atoms with Crippen molar-refractivity contribution in [2.24, 2.45) is 11.8 Å². The van der Waals surface area contributed by atoms with Crippen molar-refractivity contribution in [1.29, 1.82) is 0 Å². The van der Waals surface area contributed by atoms with E-state index in [1.807, 2.05) is 0 Å². The van der Waals surface area contributed by atoms with Crippen LogP contribution < -0.4 is 0 Å². The molecular weight excluding hydrogens is 226 g/mol. The molecule has 78 valence electrons. The van der Waals surface area contributed by atoms with E-state index in [1.165, 1.54) is 44.2 Å². The third kappa shape index (κ3) is 3.99. The summed E-state index contributed by atoms with van der Waals surface area (Å²) in [6.45, 7) is 8.62. The molecule has 1 saturated heterocycles. The molecule has 13 heavy (non-hydrogen) atoms. The molecule has 1 aliphatic rings. The fraction of sp³-hybridized carbons (Fsp3) is 1.00. The molecule has 0 saturated carbocycles. The third-order valence-electron chi connectivity index (χ3n) is 2.94. The van der Waals surface area contributed by atoms with Crippen LogP contribution in [0.15, 0.2) is 0 Å². The van der Waals surface area contributed by atoms with Gasteiger partial charge in [0, 0.05) is 18.4 Å². The van der Waals surface area contributed by atoms with Gasteiger partial charge in [-0.15, -0.1) is 0 Å². The SMILES string of the molecule is CCCC(C)CN1CCC(CBr)C1. The molecule has 0 aromatic carbocycles. The van der Waals surface area contributed by atoms with E-state index in [-0.39, 0.29) is 0 Å². The van der Waals surface area contributed by atoms with Crippen LogP contribution >= 0.6 is 15.9 Å². The zero-order valence-corrected chi connectivity index (χ0v) is 10.5. The maximum absolute atomic E-state index is 3.57. The molecule has 2 heteroatoms. The van der Waals surface area contributed by atoms with Gasteiger partial charge in [0.2, 0.25) is 0 Å². The summed E-state index contributed by atoms with van der Waals surface area (Å²) in [5.74, 6) is 1.80. The van der Waals surface area contributed by atoms with Gasteiger partial charge in [-0.2, -0.15) is 0 Å². The molecule has 0 bridgehead atoms. The molecular formula is C11H22BrN. The van der Waals surface area contributed by atoms with E-state index in [0.717, 1.165) is 11.8 Å². The Morgan fingerprint density at radius 3 is 2.85 bits per heavy atom. The second-order valence-corrected chi connectivity index (χ2v) is 5.11. The first kappa shape index (κ1) is 11.5. The van der Waals surface area contributed by atoms with Gasteiger partial charge >= 0.3 is 0 Å². The van der Waals surface area contributed by atoms with Gasteiger partial charge in [0.05, 0.1) is 0 Å². The summed E-state index contributed by atoms with van der Waals surface area (Å²) in [6.07, 6.45) is 4.11. The molecule has 0 spiro atoms. The lowest BCUT2D eigenvalue weighted by Crippen LogP contribution is -2.26. The predicted octanol–water partition coefficient (Wildman–Crippen LogP) is 3.14. The molecule has 0 radical (unpaired) electrons. The maximum atomic E-state index is 3.57. The average Bonchev–Trinajstić information content (AvgIpc) is 2.52. The monoisotopic (exact) mass is 247 g/mol. The van der Waals surface area contributed by atoms with Gasteiger partial charge in [0.1, 0.15) is 0 Å². The summed E-state index contributed by atoms with van der Waals surface area (Å²) in [5, 5.41) is 1.19. The van der Waals surface area contributed by atoms with Gasteiger partial charge < -0.3 is 4.90 Å². The molecule has 0 aromatic heterocycles. The van der Waals surface area contributed by atoms with E-state index in [1.54, 1.807) is 0 Å². The van der Waals surface area contributed by atoms with Crippen molar-refractivity contribution in [3.63, 3.8) is 0 Å². The fourth-order valence-corrected chi connectivity index (χ4v) is 2.76. The van der Waals surface area contributed by atoms with Crippen LogP contribution in [0.4, 0.5) is 0 Å². The molecule has 0 aliphatic carbocycles. The average molecular weight is 248 g/mol. The highest BCUT2D eigenvalue weighted by molar-refractivity contribution is 9.09. The molecule has 1 rings (SSSR count). The van der Waals surface area contributed by atoms with Crippen LogP contribution in [0.2, 0.25) is 0 Å². The van der Waals surface area contributed by atoms with E-state index >= 15 is 0 Å². The Hall–Kier alpha value is 0.440. The molecule has 2 atom stereocenters. The van der Waals surface area contributed by atoms with Crippen molar-refractivity contribution in [2.75, 3.05) is 25.0 Å². The molecule has 2 unspecified atom stereocenters. The first-order chi connectivity index (χ1) is 6.26. The van der Waals surface area contributed by atoms with Crippen molar-refractivity contribution < 1.29 is 0 Å². The number of rotatable bonds is 5. The minimum absolute atomic E-state index is 0.888. The van der Waals surface area contributed by atoms with Gasteiger partial charge in [0.25, 0.3) is 0 Å². The van der Waals surface area contributed by atoms with Crippen LogP contribution in [0.1, 0.15) is 33.1 Å². The van der Waals surface area contributed by atoms with E-state index in [4.69, 9.17) is 0 Å². The number of hydrogen-bond donors (Lipinski definition) is 0. The molecule has 0 N–H and O–H groups in total. The van der Waals surface area contributed by atoms with Gasteiger partial charge in [-0.3, -0.25) is 0 Å². The summed E-state index contributed by atoms with van der Waals surface area (Å²) >= 11 is 3.57. The number of alkyl halides is 1. The van der Waals surface area contributed by atoms with Gasteiger partial charge in [-0.25, -0.2) is 0 Å². The highest BCUT2D eigenvalue weighted by Crippen LogP contribution is 2.20. The number of hydrogen-bond acceptors (Lipinski definition) is 1. The van der Waals surface area contributed by atoms with E-state index in [0.29, 0.717) is 0 Å². The van der Waals surface area contributed by atoms with E-state index < -0.39 is 0 Å². The summed E-state index contributed by atoms with van der Waals surface area (Å²) in [4.78, 5) is 2.63. The molecule has 1 aliphatic heterocycles. The van der Waals surface area contributed by atoms with Crippen LogP contribution in [0.5, 0.6) is 0 Å². The Kier molecular flexibility index (Phi) is 5.34. The molecule has 0 amide bonds. The lowest BCUT2D eigenvalue weighted by molar-refractivity contribution is 0.272. The van der Waals surface area contributed by atoms with E-state index in [2.05, 4.69) is 34.7 Å². The number of halogens is 1. The Morgan fingerprint density at radius 2 is 2.31 bits per heavy atom. The Morgan fingerprint density at radius 1 is 1.54 bits per heavy atom. The van der Waals surface area contributed by atoms with Crippen molar-refractivity contribution in [2.45, 2.75) is 33.1 Å². The second kappa shape index (κ2) is 6.02. The first-order valence-corrected chi connectivity index (χ1v) is 6.66. The largest absolute Gasteiger partial charge is 0.303 e. The van der Waals surface area contributed by atoms with Crippen molar-refractivity contribution in [3.05, 3.63) is 0 Å².